The highest BCUT2D eigenvalue weighted by atomic mass is 79.9. The van der Waals surface area contributed by atoms with Crippen LogP contribution in [-0.4, -0.2) is 41.1 Å². The Hall–Kier alpha value is -1.64. The molecule has 0 spiro atoms. The molecular formula is C11H8BrF4NO3. The summed E-state index contributed by atoms with van der Waals surface area (Å²) < 4.78 is 50.2. The van der Waals surface area contributed by atoms with Crippen LogP contribution in [0.1, 0.15) is 10.4 Å². The number of halogens is 5. The number of hydrogen-bond acceptors (Lipinski definition) is 2. The zero-order chi connectivity index (χ0) is 15.5. The average molecular weight is 358 g/mol. The lowest BCUT2D eigenvalue weighted by Gasteiger charge is -2.22. The van der Waals surface area contributed by atoms with Crippen molar-refractivity contribution in [3.8, 4) is 0 Å². The summed E-state index contributed by atoms with van der Waals surface area (Å²) in [5.74, 6) is -3.65. The largest absolute Gasteiger partial charge is 0.480 e. The maximum atomic E-state index is 13.1. The van der Waals surface area contributed by atoms with Crippen molar-refractivity contribution in [3.63, 3.8) is 0 Å². The third-order valence-electron chi connectivity index (χ3n) is 2.09. The quantitative estimate of drug-likeness (QED) is 0.843. The smallest absolute Gasteiger partial charge is 0.406 e. The van der Waals surface area contributed by atoms with E-state index in [1.54, 1.807) is 0 Å². The van der Waals surface area contributed by atoms with Crippen molar-refractivity contribution in [2.45, 2.75) is 6.18 Å². The first-order valence-corrected chi connectivity index (χ1v) is 5.91. The van der Waals surface area contributed by atoms with Crippen LogP contribution in [0.5, 0.6) is 0 Å². The first-order chi connectivity index (χ1) is 9.08. The molecule has 0 saturated carbocycles. The van der Waals surface area contributed by atoms with E-state index in [0.29, 0.717) is 0 Å². The molecular weight excluding hydrogens is 350 g/mol. The van der Waals surface area contributed by atoms with Crippen LogP contribution < -0.4 is 0 Å². The van der Waals surface area contributed by atoms with Crippen LogP contribution in [0.25, 0.3) is 0 Å². The zero-order valence-electron chi connectivity index (χ0n) is 9.75. The highest BCUT2D eigenvalue weighted by Gasteiger charge is 2.34. The van der Waals surface area contributed by atoms with Crippen molar-refractivity contribution in [2.24, 2.45) is 0 Å². The summed E-state index contributed by atoms with van der Waals surface area (Å²) in [5, 5.41) is 8.54. The third-order valence-corrected chi connectivity index (χ3v) is 2.55. The van der Waals surface area contributed by atoms with Gasteiger partial charge >= 0.3 is 12.1 Å². The van der Waals surface area contributed by atoms with Crippen molar-refractivity contribution >= 4 is 27.8 Å². The normalized spacial score (nSPS) is 11.2. The van der Waals surface area contributed by atoms with E-state index in [9.17, 15) is 27.2 Å². The van der Waals surface area contributed by atoms with Gasteiger partial charge in [0.1, 0.15) is 18.9 Å². The van der Waals surface area contributed by atoms with Crippen molar-refractivity contribution < 1.29 is 32.3 Å². The van der Waals surface area contributed by atoms with E-state index in [-0.39, 0.29) is 14.9 Å². The minimum absolute atomic E-state index is 0.0869. The zero-order valence-corrected chi connectivity index (χ0v) is 11.3. The molecule has 0 aliphatic rings. The number of amides is 1. The van der Waals surface area contributed by atoms with Gasteiger partial charge < -0.3 is 10.0 Å². The Morgan fingerprint density at radius 3 is 2.30 bits per heavy atom. The first-order valence-electron chi connectivity index (χ1n) is 5.12. The highest BCUT2D eigenvalue weighted by molar-refractivity contribution is 9.10. The van der Waals surface area contributed by atoms with E-state index in [0.717, 1.165) is 18.2 Å². The number of nitrogens with zero attached hydrogens (tertiary/aromatic N) is 1. The van der Waals surface area contributed by atoms with Crippen LogP contribution >= 0.6 is 15.9 Å². The van der Waals surface area contributed by atoms with E-state index < -0.39 is 37.0 Å². The molecule has 20 heavy (non-hydrogen) atoms. The number of benzene rings is 1. The molecule has 110 valence electrons. The van der Waals surface area contributed by atoms with Gasteiger partial charge in [-0.3, -0.25) is 9.59 Å². The number of carboxylic acids is 1. The minimum atomic E-state index is -4.75. The Labute approximate surface area is 119 Å². The Bertz CT molecular complexity index is 513. The molecule has 1 aromatic carbocycles. The van der Waals surface area contributed by atoms with Crippen LogP contribution in [0.2, 0.25) is 0 Å². The molecule has 1 rings (SSSR count). The van der Waals surface area contributed by atoms with E-state index in [4.69, 9.17) is 5.11 Å². The van der Waals surface area contributed by atoms with Crippen LogP contribution in [0.15, 0.2) is 22.7 Å². The second kappa shape index (κ2) is 6.21. The maximum Gasteiger partial charge on any atom is 0.406 e. The second-order valence-corrected chi connectivity index (χ2v) is 4.74. The second-order valence-electron chi connectivity index (χ2n) is 3.83. The van der Waals surface area contributed by atoms with E-state index in [1.807, 2.05) is 0 Å². The number of hydrogen-bond donors (Lipinski definition) is 1. The molecule has 1 aromatic rings. The van der Waals surface area contributed by atoms with Crippen molar-refractivity contribution in [1.82, 2.24) is 4.90 Å². The Morgan fingerprint density at radius 1 is 1.25 bits per heavy atom. The molecule has 0 heterocycles. The van der Waals surface area contributed by atoms with E-state index >= 15 is 0 Å². The van der Waals surface area contributed by atoms with Crippen molar-refractivity contribution in [2.75, 3.05) is 13.1 Å². The summed E-state index contributed by atoms with van der Waals surface area (Å²) in [4.78, 5) is 22.4. The number of aliphatic carboxylic acids is 1. The highest BCUT2D eigenvalue weighted by Crippen LogP contribution is 2.20. The van der Waals surface area contributed by atoms with Gasteiger partial charge in [-0.1, -0.05) is 15.9 Å². The Balaban J connectivity index is 3.06. The van der Waals surface area contributed by atoms with E-state index in [1.165, 1.54) is 0 Å². The number of rotatable bonds is 4. The van der Waals surface area contributed by atoms with Crippen molar-refractivity contribution in [3.05, 3.63) is 34.1 Å². The number of carbonyl (C=O) groups is 2. The first kappa shape index (κ1) is 16.4. The average Bonchev–Trinajstić information content (AvgIpc) is 2.23. The summed E-state index contributed by atoms with van der Waals surface area (Å²) >= 11 is 2.89. The van der Waals surface area contributed by atoms with Gasteiger partial charge in [-0.15, -0.1) is 0 Å². The molecule has 1 N–H and O–H groups in total. The van der Waals surface area contributed by atoms with Gasteiger partial charge in [0.25, 0.3) is 5.91 Å². The molecule has 9 heteroatoms. The van der Waals surface area contributed by atoms with Gasteiger partial charge in [0, 0.05) is 10.0 Å². The van der Waals surface area contributed by atoms with Gasteiger partial charge in [-0.25, -0.2) is 4.39 Å². The van der Waals surface area contributed by atoms with Crippen LogP contribution in [0.3, 0.4) is 0 Å². The predicted octanol–water partition coefficient (Wildman–Crippen LogP) is 2.68. The summed E-state index contributed by atoms with van der Waals surface area (Å²) in [5.41, 5.74) is -0.373. The standard InChI is InChI=1S/C11H8BrF4NO3/c12-7-1-6(2-8(13)3-7)10(20)17(4-9(18)19)5-11(14,15)16/h1-3H,4-5H2,(H,18,19). The van der Waals surface area contributed by atoms with Gasteiger partial charge in [-0.05, 0) is 18.2 Å². The van der Waals surface area contributed by atoms with Gasteiger partial charge in [0.05, 0.1) is 0 Å². The molecule has 0 aliphatic heterocycles. The molecule has 0 bridgehead atoms. The molecule has 0 atom stereocenters. The van der Waals surface area contributed by atoms with Crippen molar-refractivity contribution in [1.29, 1.82) is 0 Å². The summed E-state index contributed by atoms with van der Waals surface area (Å²) in [6.07, 6.45) is -4.75. The van der Waals surface area contributed by atoms with Gasteiger partial charge in [0.15, 0.2) is 0 Å². The number of alkyl halides is 3. The molecule has 1 amide bonds. The molecule has 4 nitrogen and oxygen atoms in total. The topological polar surface area (TPSA) is 57.6 Å². The molecule has 0 unspecified atom stereocenters. The van der Waals surface area contributed by atoms with E-state index in [2.05, 4.69) is 15.9 Å². The molecule has 0 radical (unpaired) electrons. The summed E-state index contributed by atoms with van der Waals surface area (Å²) in [6.45, 7) is -2.86. The fourth-order valence-corrected chi connectivity index (χ4v) is 1.90. The monoisotopic (exact) mass is 357 g/mol. The number of carbonyl (C=O) groups excluding carboxylic acids is 1. The lowest BCUT2D eigenvalue weighted by atomic mass is 10.2. The predicted molar refractivity (Wildman–Crippen MR) is 63.7 cm³/mol. The lowest BCUT2D eigenvalue weighted by molar-refractivity contribution is -0.149. The molecule has 0 fully saturated rings. The fraction of sp³-hybridized carbons (Fsp3) is 0.273. The van der Waals surface area contributed by atoms with Gasteiger partial charge in [0.2, 0.25) is 0 Å². The van der Waals surface area contributed by atoms with Crippen LogP contribution in [-0.2, 0) is 4.79 Å². The third kappa shape index (κ3) is 5.16. The van der Waals surface area contributed by atoms with Crippen LogP contribution in [0, 0.1) is 5.82 Å². The molecule has 0 aromatic heterocycles. The summed E-state index contributed by atoms with van der Waals surface area (Å²) in [7, 11) is 0. The van der Waals surface area contributed by atoms with Gasteiger partial charge in [-0.2, -0.15) is 13.2 Å². The fourth-order valence-electron chi connectivity index (χ4n) is 1.44. The molecule has 0 saturated heterocycles. The summed E-state index contributed by atoms with van der Waals surface area (Å²) in [6, 6.07) is 2.86. The lowest BCUT2D eigenvalue weighted by Crippen LogP contribution is -2.42. The maximum absolute atomic E-state index is 13.1. The Morgan fingerprint density at radius 2 is 1.85 bits per heavy atom. The minimum Gasteiger partial charge on any atom is -0.480 e. The van der Waals surface area contributed by atoms with Crippen LogP contribution in [0.4, 0.5) is 17.6 Å². The number of carboxylic acid groups (broad SMARTS) is 1. The SMILES string of the molecule is O=C(O)CN(CC(F)(F)F)C(=O)c1cc(F)cc(Br)c1. The molecule has 0 aliphatic carbocycles. The Kier molecular flexibility index (Phi) is 5.09.